The minimum Gasteiger partial charge on any atom is -0.384 e. The number of hydrogen-bond donors (Lipinski definition) is 1. The van der Waals surface area contributed by atoms with Gasteiger partial charge in [0.2, 0.25) is 0 Å². The third kappa shape index (κ3) is 3.76. The fourth-order valence-corrected chi connectivity index (χ4v) is 4.06. The van der Waals surface area contributed by atoms with E-state index in [0.717, 1.165) is 29.9 Å². The van der Waals surface area contributed by atoms with Crippen LogP contribution in [0.15, 0.2) is 41.3 Å². The van der Waals surface area contributed by atoms with Gasteiger partial charge in [0, 0.05) is 17.1 Å². The van der Waals surface area contributed by atoms with Gasteiger partial charge in [-0.1, -0.05) is 24.3 Å². The highest BCUT2D eigenvalue weighted by Crippen LogP contribution is 2.43. The molecule has 1 saturated carbocycles. The minimum absolute atomic E-state index is 0.612. The van der Waals surface area contributed by atoms with E-state index in [1.807, 2.05) is 12.1 Å². The van der Waals surface area contributed by atoms with Crippen LogP contribution in [0.4, 0.5) is 18.9 Å². The van der Waals surface area contributed by atoms with Gasteiger partial charge in [-0.15, -0.1) is 11.8 Å². The second-order valence-electron chi connectivity index (χ2n) is 5.82. The van der Waals surface area contributed by atoms with E-state index in [1.165, 1.54) is 12.8 Å². The summed E-state index contributed by atoms with van der Waals surface area (Å²) in [5.41, 5.74) is 0.818. The molecular formula is C16H18F3NS. The van der Waals surface area contributed by atoms with E-state index >= 15 is 0 Å². The molecule has 1 aromatic rings. The number of fused-ring (bicyclic) bond motifs is 2. The number of halogens is 3. The van der Waals surface area contributed by atoms with Crippen molar-refractivity contribution in [3.63, 3.8) is 0 Å². The second kappa shape index (κ2) is 5.95. The Morgan fingerprint density at radius 1 is 1.14 bits per heavy atom. The third-order valence-corrected chi connectivity index (χ3v) is 5.39. The molecule has 114 valence electrons. The molecule has 5 heteroatoms. The lowest BCUT2D eigenvalue weighted by Crippen LogP contribution is -2.18. The average Bonchev–Trinajstić information content (AvgIpc) is 3.05. The van der Waals surface area contributed by atoms with Gasteiger partial charge in [-0.25, -0.2) is 0 Å². The van der Waals surface area contributed by atoms with Crippen LogP contribution in [-0.2, 0) is 0 Å². The molecule has 0 heterocycles. The molecule has 2 bridgehead atoms. The topological polar surface area (TPSA) is 12.0 Å². The number of hydrogen-bond acceptors (Lipinski definition) is 2. The Bertz CT molecular complexity index is 526. The largest absolute Gasteiger partial charge is 0.398 e. The molecule has 1 nitrogen and oxygen atoms in total. The van der Waals surface area contributed by atoms with Gasteiger partial charge >= 0.3 is 6.18 Å². The van der Waals surface area contributed by atoms with Gasteiger partial charge in [0.1, 0.15) is 0 Å². The summed E-state index contributed by atoms with van der Waals surface area (Å²) in [7, 11) is 0. The maximum atomic E-state index is 12.4. The standard InChI is InChI=1S/C16H18F3NS/c17-16(18,19)10-21-15-4-2-1-3-14(15)20-9-13-8-11-5-6-12(13)7-11/h1-6,11-13,20H,7-10H2. The molecule has 0 saturated heterocycles. The van der Waals surface area contributed by atoms with Crippen molar-refractivity contribution in [2.24, 2.45) is 17.8 Å². The fourth-order valence-electron chi connectivity index (χ4n) is 3.27. The van der Waals surface area contributed by atoms with E-state index in [-0.39, 0.29) is 0 Å². The number of alkyl halides is 3. The van der Waals surface area contributed by atoms with Crippen molar-refractivity contribution in [3.8, 4) is 0 Å². The van der Waals surface area contributed by atoms with E-state index in [0.29, 0.717) is 16.7 Å². The van der Waals surface area contributed by atoms with Crippen LogP contribution in [0.3, 0.4) is 0 Å². The number of allylic oxidation sites excluding steroid dienone is 2. The van der Waals surface area contributed by atoms with Crippen LogP contribution in [-0.4, -0.2) is 18.5 Å². The molecule has 3 atom stereocenters. The van der Waals surface area contributed by atoms with Crippen LogP contribution < -0.4 is 5.32 Å². The van der Waals surface area contributed by atoms with Crippen molar-refractivity contribution < 1.29 is 13.2 Å². The normalized spacial score (nSPS) is 27.3. The molecule has 1 N–H and O–H groups in total. The quantitative estimate of drug-likeness (QED) is 0.609. The lowest BCUT2D eigenvalue weighted by molar-refractivity contribution is -0.105. The van der Waals surface area contributed by atoms with Crippen molar-refractivity contribution in [2.75, 3.05) is 17.6 Å². The first-order valence-corrected chi connectivity index (χ1v) is 8.20. The van der Waals surface area contributed by atoms with Crippen LogP contribution >= 0.6 is 11.8 Å². The molecule has 3 unspecified atom stereocenters. The second-order valence-corrected chi connectivity index (χ2v) is 6.84. The summed E-state index contributed by atoms with van der Waals surface area (Å²) in [4.78, 5) is 0.675. The zero-order valence-electron chi connectivity index (χ0n) is 11.6. The summed E-state index contributed by atoms with van der Waals surface area (Å²) in [6.07, 6.45) is 2.91. The molecule has 2 aliphatic rings. The van der Waals surface area contributed by atoms with Gasteiger partial charge in [0.15, 0.2) is 0 Å². The number of thioether (sulfide) groups is 1. The zero-order chi connectivity index (χ0) is 14.9. The number of nitrogens with one attached hydrogen (secondary N) is 1. The van der Waals surface area contributed by atoms with E-state index < -0.39 is 11.9 Å². The summed E-state index contributed by atoms with van der Waals surface area (Å²) < 4.78 is 37.1. The first kappa shape index (κ1) is 14.8. The summed E-state index contributed by atoms with van der Waals surface area (Å²) in [6, 6.07) is 7.26. The van der Waals surface area contributed by atoms with E-state index in [1.54, 1.807) is 12.1 Å². The van der Waals surface area contributed by atoms with Gasteiger partial charge < -0.3 is 5.32 Å². The Hall–Kier alpha value is -1.10. The van der Waals surface area contributed by atoms with Gasteiger partial charge in [-0.2, -0.15) is 13.2 Å². The SMILES string of the molecule is FC(F)(F)CSc1ccccc1NCC1CC2C=CC1C2. The highest BCUT2D eigenvalue weighted by Gasteiger charge is 2.35. The molecular weight excluding hydrogens is 295 g/mol. The molecule has 1 fully saturated rings. The molecule has 2 aliphatic carbocycles. The molecule has 0 spiro atoms. The van der Waals surface area contributed by atoms with Crippen LogP contribution in [0.5, 0.6) is 0 Å². The lowest BCUT2D eigenvalue weighted by Gasteiger charge is -2.20. The van der Waals surface area contributed by atoms with E-state index in [2.05, 4.69) is 17.5 Å². The molecule has 0 aliphatic heterocycles. The Morgan fingerprint density at radius 2 is 1.95 bits per heavy atom. The number of rotatable bonds is 5. The van der Waals surface area contributed by atoms with Crippen LogP contribution in [0, 0.1) is 17.8 Å². The predicted octanol–water partition coefficient (Wildman–Crippen LogP) is 4.97. The Kier molecular flexibility index (Phi) is 4.20. The molecule has 0 amide bonds. The van der Waals surface area contributed by atoms with Crippen molar-refractivity contribution in [1.29, 1.82) is 0 Å². The van der Waals surface area contributed by atoms with Gasteiger partial charge in [-0.05, 0) is 42.7 Å². The molecule has 0 radical (unpaired) electrons. The third-order valence-electron chi connectivity index (χ3n) is 4.25. The summed E-state index contributed by atoms with van der Waals surface area (Å²) in [6.45, 7) is 0.842. The summed E-state index contributed by atoms with van der Waals surface area (Å²) >= 11 is 0.850. The Balaban J connectivity index is 1.59. The van der Waals surface area contributed by atoms with Crippen molar-refractivity contribution in [3.05, 3.63) is 36.4 Å². The van der Waals surface area contributed by atoms with Crippen molar-refractivity contribution in [1.82, 2.24) is 0 Å². The number of para-hydroxylation sites is 1. The van der Waals surface area contributed by atoms with Crippen molar-refractivity contribution >= 4 is 17.4 Å². The number of benzene rings is 1. The van der Waals surface area contributed by atoms with Crippen LogP contribution in [0.25, 0.3) is 0 Å². The Labute approximate surface area is 127 Å². The highest BCUT2D eigenvalue weighted by atomic mass is 32.2. The molecule has 1 aromatic carbocycles. The monoisotopic (exact) mass is 313 g/mol. The molecule has 3 rings (SSSR count). The maximum absolute atomic E-state index is 12.4. The smallest absolute Gasteiger partial charge is 0.384 e. The van der Waals surface area contributed by atoms with Crippen LogP contribution in [0.2, 0.25) is 0 Å². The van der Waals surface area contributed by atoms with Gasteiger partial charge in [-0.3, -0.25) is 0 Å². The summed E-state index contributed by atoms with van der Waals surface area (Å²) in [5, 5.41) is 3.35. The van der Waals surface area contributed by atoms with Gasteiger partial charge in [0.25, 0.3) is 0 Å². The predicted molar refractivity (Wildman–Crippen MR) is 80.6 cm³/mol. The van der Waals surface area contributed by atoms with Gasteiger partial charge in [0.05, 0.1) is 5.75 Å². The van der Waals surface area contributed by atoms with E-state index in [4.69, 9.17) is 0 Å². The zero-order valence-corrected chi connectivity index (χ0v) is 12.4. The van der Waals surface area contributed by atoms with Crippen molar-refractivity contribution in [2.45, 2.75) is 23.9 Å². The lowest BCUT2D eigenvalue weighted by atomic mass is 9.93. The first-order chi connectivity index (χ1) is 10.0. The average molecular weight is 313 g/mol. The highest BCUT2D eigenvalue weighted by molar-refractivity contribution is 7.99. The molecule has 0 aromatic heterocycles. The summed E-state index contributed by atoms with van der Waals surface area (Å²) in [5.74, 6) is 1.14. The fraction of sp³-hybridized carbons (Fsp3) is 0.500. The Morgan fingerprint density at radius 3 is 2.62 bits per heavy atom. The minimum atomic E-state index is -4.13. The first-order valence-electron chi connectivity index (χ1n) is 7.22. The molecule has 21 heavy (non-hydrogen) atoms. The van der Waals surface area contributed by atoms with E-state index in [9.17, 15) is 13.2 Å². The maximum Gasteiger partial charge on any atom is 0.398 e. The number of anilines is 1. The van der Waals surface area contributed by atoms with Crippen LogP contribution in [0.1, 0.15) is 12.8 Å².